The van der Waals surface area contributed by atoms with Crippen molar-refractivity contribution in [2.45, 2.75) is 18.0 Å². The standard InChI is InChI=1S/C14H13N5O3S/c15-10-12(20)19-11(14(21)22)8(7-23-13(10)19)6-17-4-5-18-9(17)2-1-3-16-18/h1-5,10,13H,6-7,15H2/p+1. The number of hydrogen-bond acceptors (Lipinski definition) is 5. The van der Waals surface area contributed by atoms with E-state index in [1.807, 2.05) is 22.9 Å². The highest BCUT2D eigenvalue weighted by Crippen LogP contribution is 2.39. The van der Waals surface area contributed by atoms with Crippen molar-refractivity contribution < 1.29 is 19.3 Å². The third-order valence-corrected chi connectivity index (χ3v) is 5.45. The van der Waals surface area contributed by atoms with Gasteiger partial charge in [-0.1, -0.05) is 5.10 Å². The molecule has 118 valence electrons. The average Bonchev–Trinajstić information content (AvgIpc) is 2.96. The number of carbonyl (C=O) groups excluding carboxylic acids is 1. The second kappa shape index (κ2) is 5.07. The quantitative estimate of drug-likeness (QED) is 0.563. The highest BCUT2D eigenvalue weighted by molar-refractivity contribution is 8.00. The molecule has 4 rings (SSSR count). The number of aliphatic carboxylic acids is 1. The maximum atomic E-state index is 11.9. The number of carboxylic acids is 1. The fourth-order valence-electron chi connectivity index (χ4n) is 2.98. The summed E-state index contributed by atoms with van der Waals surface area (Å²) in [5.41, 5.74) is 7.36. The molecule has 8 nitrogen and oxygen atoms in total. The largest absolute Gasteiger partial charge is 0.477 e. The molecule has 1 saturated heterocycles. The van der Waals surface area contributed by atoms with E-state index in [9.17, 15) is 14.7 Å². The predicted molar refractivity (Wildman–Crippen MR) is 81.1 cm³/mol. The third-order valence-electron chi connectivity index (χ3n) is 4.09. The van der Waals surface area contributed by atoms with Crippen LogP contribution >= 0.6 is 11.8 Å². The van der Waals surface area contributed by atoms with Gasteiger partial charge in [0, 0.05) is 17.4 Å². The Labute approximate surface area is 135 Å². The van der Waals surface area contributed by atoms with Gasteiger partial charge in [0.2, 0.25) is 5.91 Å². The van der Waals surface area contributed by atoms with Crippen LogP contribution < -0.4 is 10.3 Å². The van der Waals surface area contributed by atoms with Crippen molar-refractivity contribution in [2.75, 3.05) is 5.75 Å². The zero-order valence-electron chi connectivity index (χ0n) is 12.0. The Hall–Kier alpha value is -2.39. The molecule has 0 spiro atoms. The number of nitrogens with two attached hydrogens (primary N) is 1. The highest BCUT2D eigenvalue weighted by atomic mass is 32.2. The number of nitrogens with zero attached hydrogens (tertiary/aromatic N) is 4. The second-order valence-corrected chi connectivity index (χ2v) is 6.55. The first-order valence-corrected chi connectivity index (χ1v) is 8.10. The molecule has 0 bridgehead atoms. The van der Waals surface area contributed by atoms with Gasteiger partial charge < -0.3 is 10.8 Å². The number of β-lactam (4-membered cyclic amide) rings is 1. The van der Waals surface area contributed by atoms with Gasteiger partial charge in [0.25, 0.3) is 0 Å². The molecule has 9 heteroatoms. The van der Waals surface area contributed by atoms with E-state index in [0.717, 1.165) is 5.65 Å². The van der Waals surface area contributed by atoms with Crippen molar-refractivity contribution >= 4 is 29.3 Å². The molecule has 0 aliphatic carbocycles. The molecule has 2 aliphatic rings. The van der Waals surface area contributed by atoms with Gasteiger partial charge in [-0.05, 0) is 6.07 Å². The minimum Gasteiger partial charge on any atom is -0.477 e. The minimum absolute atomic E-state index is 0.0659. The van der Waals surface area contributed by atoms with Crippen LogP contribution in [0.15, 0.2) is 42.0 Å². The van der Waals surface area contributed by atoms with Crippen LogP contribution in [0, 0.1) is 0 Å². The van der Waals surface area contributed by atoms with Crippen LogP contribution in [0.4, 0.5) is 0 Å². The van der Waals surface area contributed by atoms with Crippen molar-refractivity contribution in [3.63, 3.8) is 0 Å². The molecule has 4 heterocycles. The summed E-state index contributed by atoms with van der Waals surface area (Å²) in [6.45, 7) is 0.391. The molecule has 2 aromatic heterocycles. The Kier molecular flexibility index (Phi) is 3.13. The number of imidazole rings is 1. The molecule has 2 atom stereocenters. The smallest absolute Gasteiger partial charge is 0.352 e. The lowest BCUT2D eigenvalue weighted by Crippen LogP contribution is -2.68. The number of carboxylic acid groups (broad SMARTS) is 1. The molecule has 2 aromatic rings. The molecule has 2 aliphatic heterocycles. The summed E-state index contributed by atoms with van der Waals surface area (Å²) >= 11 is 1.50. The molecular weight excluding hydrogens is 318 g/mol. The van der Waals surface area contributed by atoms with Crippen LogP contribution in [0.5, 0.6) is 0 Å². The second-order valence-electron chi connectivity index (χ2n) is 5.45. The normalized spacial score (nSPS) is 23.9. The van der Waals surface area contributed by atoms with Gasteiger partial charge in [-0.15, -0.1) is 16.3 Å². The SMILES string of the molecule is NC1C(=O)N2C(C(=O)O)=C(C[n+]3ccn4ncccc43)CSC12. The molecule has 0 radical (unpaired) electrons. The molecular formula is C14H14N5O3S+. The third kappa shape index (κ3) is 2.04. The first kappa shape index (κ1) is 14.2. The van der Waals surface area contributed by atoms with Crippen molar-refractivity contribution in [2.24, 2.45) is 5.73 Å². The summed E-state index contributed by atoms with van der Waals surface area (Å²) in [6, 6.07) is 3.11. The summed E-state index contributed by atoms with van der Waals surface area (Å²) in [4.78, 5) is 24.9. The Morgan fingerprint density at radius 3 is 3.17 bits per heavy atom. The van der Waals surface area contributed by atoms with Gasteiger partial charge in [0.1, 0.15) is 29.9 Å². The molecule has 3 N–H and O–H groups in total. The van der Waals surface area contributed by atoms with Gasteiger partial charge in [0.05, 0.1) is 6.20 Å². The molecule has 23 heavy (non-hydrogen) atoms. The van der Waals surface area contributed by atoms with Gasteiger partial charge in [-0.25, -0.2) is 9.36 Å². The number of fused-ring (bicyclic) bond motifs is 2. The number of thioether (sulfide) groups is 1. The Balaban J connectivity index is 1.74. The van der Waals surface area contributed by atoms with Gasteiger partial charge in [-0.2, -0.15) is 0 Å². The summed E-state index contributed by atoms with van der Waals surface area (Å²) in [5, 5.41) is 13.5. The van der Waals surface area contributed by atoms with E-state index in [-0.39, 0.29) is 17.0 Å². The maximum Gasteiger partial charge on any atom is 0.352 e. The van der Waals surface area contributed by atoms with E-state index < -0.39 is 12.0 Å². The summed E-state index contributed by atoms with van der Waals surface area (Å²) in [7, 11) is 0. The Morgan fingerprint density at radius 1 is 1.57 bits per heavy atom. The lowest BCUT2D eigenvalue weighted by Gasteiger charge is -2.47. The zero-order chi connectivity index (χ0) is 16.1. The van der Waals surface area contributed by atoms with E-state index in [1.165, 1.54) is 16.7 Å². The number of rotatable bonds is 3. The van der Waals surface area contributed by atoms with Crippen molar-refractivity contribution in [1.29, 1.82) is 0 Å². The van der Waals surface area contributed by atoms with Crippen LogP contribution in [0.3, 0.4) is 0 Å². The Morgan fingerprint density at radius 2 is 2.39 bits per heavy atom. The topological polar surface area (TPSA) is 105 Å². The zero-order valence-corrected chi connectivity index (χ0v) is 12.8. The van der Waals surface area contributed by atoms with Gasteiger partial charge in [-0.3, -0.25) is 9.69 Å². The molecule has 0 aromatic carbocycles. The van der Waals surface area contributed by atoms with Crippen molar-refractivity contribution in [1.82, 2.24) is 14.5 Å². The first-order chi connectivity index (χ1) is 11.1. The lowest BCUT2D eigenvalue weighted by molar-refractivity contribution is -0.662. The lowest BCUT2D eigenvalue weighted by atomic mass is 10.0. The van der Waals surface area contributed by atoms with E-state index in [2.05, 4.69) is 5.10 Å². The van der Waals surface area contributed by atoms with Crippen molar-refractivity contribution in [3.05, 3.63) is 42.0 Å². The summed E-state index contributed by atoms with van der Waals surface area (Å²) in [5.74, 6) is -0.882. The average molecular weight is 332 g/mol. The number of hydrogen-bond donors (Lipinski definition) is 2. The monoisotopic (exact) mass is 332 g/mol. The van der Waals surface area contributed by atoms with E-state index >= 15 is 0 Å². The number of amides is 1. The van der Waals surface area contributed by atoms with Crippen LogP contribution in [0.25, 0.3) is 5.65 Å². The Bertz CT molecular complexity index is 861. The van der Waals surface area contributed by atoms with E-state index in [0.29, 0.717) is 17.9 Å². The first-order valence-electron chi connectivity index (χ1n) is 7.05. The number of aromatic nitrogens is 3. The van der Waals surface area contributed by atoms with Crippen molar-refractivity contribution in [3.8, 4) is 0 Å². The van der Waals surface area contributed by atoms with Crippen LogP contribution in [0.2, 0.25) is 0 Å². The minimum atomic E-state index is -1.09. The predicted octanol–water partition coefficient (Wildman–Crippen LogP) is -0.797. The molecule has 1 fully saturated rings. The van der Waals surface area contributed by atoms with E-state index in [4.69, 9.17) is 5.73 Å². The fraction of sp³-hybridized carbons (Fsp3) is 0.286. The molecule has 0 saturated carbocycles. The van der Waals surface area contributed by atoms with Gasteiger partial charge >= 0.3 is 11.6 Å². The summed E-state index contributed by atoms with van der Waals surface area (Å²) in [6.07, 6.45) is 5.33. The van der Waals surface area contributed by atoms with Crippen LogP contribution in [-0.4, -0.2) is 48.7 Å². The van der Waals surface area contributed by atoms with Gasteiger partial charge in [0.15, 0.2) is 6.20 Å². The molecule has 1 amide bonds. The van der Waals surface area contributed by atoms with E-state index in [1.54, 1.807) is 16.9 Å². The summed E-state index contributed by atoms with van der Waals surface area (Å²) < 4.78 is 3.63. The number of carbonyl (C=O) groups is 2. The maximum absolute atomic E-state index is 11.9. The fourth-order valence-corrected chi connectivity index (χ4v) is 4.26. The van der Waals surface area contributed by atoms with Crippen LogP contribution in [-0.2, 0) is 16.1 Å². The van der Waals surface area contributed by atoms with Crippen LogP contribution in [0.1, 0.15) is 0 Å². The molecule has 2 unspecified atom stereocenters. The highest BCUT2D eigenvalue weighted by Gasteiger charge is 2.51.